The average Bonchev–Trinajstić information content (AvgIpc) is 2.60. The lowest BCUT2D eigenvalue weighted by Crippen LogP contribution is -2.54. The average molecular weight is 362 g/mol. The highest BCUT2D eigenvalue weighted by atomic mass is 16.5. The van der Waals surface area contributed by atoms with E-state index in [1.807, 2.05) is 19.9 Å². The highest BCUT2D eigenvalue weighted by molar-refractivity contribution is 5.97. The number of nitrogens with one attached hydrogen (secondary N) is 2. The largest absolute Gasteiger partial charge is 0.469 e. The number of amides is 2. The zero-order valence-corrected chi connectivity index (χ0v) is 16.5. The molecule has 1 rings (SSSR count). The molecule has 0 heterocycles. The van der Waals surface area contributed by atoms with E-state index in [-0.39, 0.29) is 17.7 Å². The van der Waals surface area contributed by atoms with E-state index in [2.05, 4.69) is 10.6 Å². The van der Waals surface area contributed by atoms with E-state index in [1.165, 1.54) is 7.11 Å². The molecule has 26 heavy (non-hydrogen) atoms. The highest BCUT2D eigenvalue weighted by Crippen LogP contribution is 2.22. The number of hydrogen-bond donors (Lipinski definition) is 2. The van der Waals surface area contributed by atoms with E-state index >= 15 is 0 Å². The third-order valence-electron chi connectivity index (χ3n) is 4.52. The van der Waals surface area contributed by atoms with Crippen molar-refractivity contribution in [1.82, 2.24) is 10.6 Å². The minimum atomic E-state index is -0.879. The summed E-state index contributed by atoms with van der Waals surface area (Å²) < 4.78 is 4.81. The second-order valence-electron chi connectivity index (χ2n) is 7.47. The normalized spacial score (nSPS) is 13.7. The summed E-state index contributed by atoms with van der Waals surface area (Å²) in [6, 6.07) is 7.63. The van der Waals surface area contributed by atoms with Gasteiger partial charge in [0.1, 0.15) is 6.04 Å². The molecule has 0 saturated carbocycles. The molecule has 0 aliphatic rings. The molecule has 6 heteroatoms. The molecule has 1 aromatic rings. The first-order valence-corrected chi connectivity index (χ1v) is 8.84. The van der Waals surface area contributed by atoms with Crippen LogP contribution >= 0.6 is 0 Å². The second kappa shape index (κ2) is 9.36. The topological polar surface area (TPSA) is 84.5 Å². The molecule has 2 atom stereocenters. The number of methoxy groups -OCH3 is 1. The summed E-state index contributed by atoms with van der Waals surface area (Å²) in [5.41, 5.74) is -0.382. The van der Waals surface area contributed by atoms with Crippen LogP contribution in [-0.2, 0) is 14.3 Å². The Morgan fingerprint density at radius 1 is 1.04 bits per heavy atom. The van der Waals surface area contributed by atoms with Crippen LogP contribution in [0.1, 0.15) is 51.4 Å². The van der Waals surface area contributed by atoms with Crippen molar-refractivity contribution in [3.63, 3.8) is 0 Å². The number of rotatable bonds is 8. The minimum Gasteiger partial charge on any atom is -0.469 e. The lowest BCUT2D eigenvalue weighted by atomic mass is 9.85. The molecule has 0 bridgehead atoms. The Labute approximate surface area is 155 Å². The van der Waals surface area contributed by atoms with Gasteiger partial charge in [0.25, 0.3) is 5.91 Å². The number of esters is 1. The quantitative estimate of drug-likeness (QED) is 0.696. The lowest BCUT2D eigenvalue weighted by molar-refractivity contribution is -0.152. The molecule has 0 aromatic heterocycles. The van der Waals surface area contributed by atoms with Crippen molar-refractivity contribution in [3.8, 4) is 0 Å². The fourth-order valence-corrected chi connectivity index (χ4v) is 2.47. The van der Waals surface area contributed by atoms with Gasteiger partial charge in [-0.1, -0.05) is 32.0 Å². The van der Waals surface area contributed by atoms with Gasteiger partial charge in [-0.05, 0) is 45.2 Å². The number of benzene rings is 1. The lowest BCUT2D eigenvalue weighted by Gasteiger charge is -2.31. The maximum absolute atomic E-state index is 12.7. The van der Waals surface area contributed by atoms with Gasteiger partial charge >= 0.3 is 5.97 Å². The second-order valence-corrected chi connectivity index (χ2v) is 7.47. The first-order valence-electron chi connectivity index (χ1n) is 8.84. The van der Waals surface area contributed by atoms with Crippen molar-refractivity contribution in [1.29, 1.82) is 0 Å². The Bertz CT molecular complexity index is 626. The fraction of sp³-hybridized carbons (Fsp3) is 0.550. The van der Waals surface area contributed by atoms with Crippen LogP contribution < -0.4 is 10.6 Å². The van der Waals surface area contributed by atoms with Crippen LogP contribution in [0.4, 0.5) is 0 Å². The van der Waals surface area contributed by atoms with Crippen LogP contribution in [-0.4, -0.2) is 37.0 Å². The van der Waals surface area contributed by atoms with Crippen molar-refractivity contribution >= 4 is 17.8 Å². The molecule has 0 radical (unpaired) electrons. The molecule has 2 N–H and O–H groups in total. The van der Waals surface area contributed by atoms with Gasteiger partial charge in [-0.15, -0.1) is 0 Å². The molecular weight excluding hydrogens is 332 g/mol. The Morgan fingerprint density at radius 3 is 2.12 bits per heavy atom. The number of carbonyl (C=O) groups excluding carboxylic acids is 3. The van der Waals surface area contributed by atoms with E-state index in [0.717, 1.165) is 0 Å². The predicted molar refractivity (Wildman–Crippen MR) is 101 cm³/mol. The molecule has 1 aromatic carbocycles. The first kappa shape index (κ1) is 21.7. The zero-order valence-electron chi connectivity index (χ0n) is 16.5. The summed E-state index contributed by atoms with van der Waals surface area (Å²) >= 11 is 0. The van der Waals surface area contributed by atoms with E-state index in [9.17, 15) is 14.4 Å². The summed E-state index contributed by atoms with van der Waals surface area (Å²) in [6.07, 6.45) is 0.496. The molecular formula is C20H30N2O4. The van der Waals surface area contributed by atoms with Crippen LogP contribution in [0.25, 0.3) is 0 Å². The molecule has 0 aliphatic carbocycles. The Hall–Kier alpha value is -2.37. The smallest absolute Gasteiger partial charge is 0.313 e. The van der Waals surface area contributed by atoms with Crippen molar-refractivity contribution in [2.24, 2.45) is 11.3 Å². The molecule has 0 saturated heterocycles. The van der Waals surface area contributed by atoms with Gasteiger partial charge in [-0.3, -0.25) is 14.4 Å². The van der Waals surface area contributed by atoms with Gasteiger partial charge in [0, 0.05) is 11.6 Å². The standard InChI is InChI=1S/C20H30N2O4/c1-13(2)12-16(22-17(23)15-10-8-7-9-11-15)18(24)21-14(3)20(4,5)19(25)26-6/h7-11,13-14,16H,12H2,1-6H3,(H,21,24)(H,22,23)/t14-,16-/m0/s1. The van der Waals surface area contributed by atoms with Gasteiger partial charge in [-0.25, -0.2) is 0 Å². The Morgan fingerprint density at radius 2 is 1.62 bits per heavy atom. The SMILES string of the molecule is COC(=O)C(C)(C)[C@H](C)NC(=O)[C@H](CC(C)C)NC(=O)c1ccccc1. The van der Waals surface area contributed by atoms with Crippen LogP contribution in [0.5, 0.6) is 0 Å². The summed E-state index contributed by atoms with van der Waals surface area (Å²) in [6.45, 7) is 9.14. The number of ether oxygens (including phenoxy) is 1. The van der Waals surface area contributed by atoms with Crippen LogP contribution in [0.3, 0.4) is 0 Å². The van der Waals surface area contributed by atoms with Gasteiger partial charge in [0.05, 0.1) is 12.5 Å². The van der Waals surface area contributed by atoms with Crippen molar-refractivity contribution in [3.05, 3.63) is 35.9 Å². The van der Waals surface area contributed by atoms with Gasteiger partial charge in [-0.2, -0.15) is 0 Å². The number of hydrogen-bond acceptors (Lipinski definition) is 4. The summed E-state index contributed by atoms with van der Waals surface area (Å²) in [4.78, 5) is 37.1. The Balaban J connectivity index is 2.86. The van der Waals surface area contributed by atoms with Crippen LogP contribution in [0, 0.1) is 11.3 Å². The van der Waals surface area contributed by atoms with Gasteiger partial charge in [0.2, 0.25) is 5.91 Å². The first-order chi connectivity index (χ1) is 12.1. The molecule has 2 amide bonds. The van der Waals surface area contributed by atoms with Crippen molar-refractivity contribution in [2.75, 3.05) is 7.11 Å². The summed E-state index contributed by atoms with van der Waals surface area (Å²) in [7, 11) is 1.32. The number of carbonyl (C=O) groups is 3. The van der Waals surface area contributed by atoms with Gasteiger partial charge < -0.3 is 15.4 Å². The third kappa shape index (κ3) is 5.86. The molecule has 6 nitrogen and oxygen atoms in total. The summed E-state index contributed by atoms with van der Waals surface area (Å²) in [5, 5.41) is 5.64. The van der Waals surface area contributed by atoms with Crippen LogP contribution in [0.2, 0.25) is 0 Å². The maximum Gasteiger partial charge on any atom is 0.313 e. The van der Waals surface area contributed by atoms with Crippen molar-refractivity contribution in [2.45, 2.75) is 53.1 Å². The molecule has 0 aliphatic heterocycles. The van der Waals surface area contributed by atoms with E-state index in [4.69, 9.17) is 4.74 Å². The fourth-order valence-electron chi connectivity index (χ4n) is 2.47. The van der Waals surface area contributed by atoms with E-state index in [0.29, 0.717) is 12.0 Å². The van der Waals surface area contributed by atoms with Crippen molar-refractivity contribution < 1.29 is 19.1 Å². The van der Waals surface area contributed by atoms with Gasteiger partial charge in [0.15, 0.2) is 0 Å². The van der Waals surface area contributed by atoms with E-state index < -0.39 is 23.5 Å². The predicted octanol–water partition coefficient (Wildman–Crippen LogP) is 2.54. The molecule has 0 unspecified atom stereocenters. The minimum absolute atomic E-state index is 0.214. The molecule has 0 fully saturated rings. The van der Waals surface area contributed by atoms with Crippen LogP contribution in [0.15, 0.2) is 30.3 Å². The zero-order chi connectivity index (χ0) is 19.9. The summed E-state index contributed by atoms with van der Waals surface area (Å²) in [5.74, 6) is -0.802. The highest BCUT2D eigenvalue weighted by Gasteiger charge is 2.37. The monoisotopic (exact) mass is 362 g/mol. The third-order valence-corrected chi connectivity index (χ3v) is 4.52. The molecule has 144 valence electrons. The molecule has 0 spiro atoms. The Kier molecular flexibility index (Phi) is 7.80. The maximum atomic E-state index is 12.7. The van der Waals surface area contributed by atoms with E-state index in [1.54, 1.807) is 45.0 Å².